The van der Waals surface area contributed by atoms with Gasteiger partial charge in [-0.2, -0.15) is 0 Å². The van der Waals surface area contributed by atoms with E-state index in [2.05, 4.69) is 16.0 Å². The number of benzene rings is 3. The molecular formula is C25H28N4O5S. The fourth-order valence-corrected chi connectivity index (χ4v) is 4.23. The van der Waals surface area contributed by atoms with Crippen molar-refractivity contribution in [2.24, 2.45) is 0 Å². The number of carbonyl (C=O) groups excluding carboxylic acids is 2. The number of sulfonamides is 1. The van der Waals surface area contributed by atoms with Crippen LogP contribution in [0.4, 0.5) is 17.1 Å². The van der Waals surface area contributed by atoms with E-state index in [1.807, 2.05) is 18.2 Å². The monoisotopic (exact) mass is 496 g/mol. The molecule has 3 aromatic carbocycles. The lowest BCUT2D eigenvalue weighted by Gasteiger charge is -2.17. The molecule has 0 unspecified atom stereocenters. The molecule has 0 saturated heterocycles. The fraction of sp³-hybridized carbons (Fsp3) is 0.200. The SMILES string of the molecule is CCOc1ccc(NCC(=O)Nc2ccccc2C(=O)Nc2ccccc2)cc1S(=O)(=O)N(C)C. The van der Waals surface area contributed by atoms with Crippen LogP contribution in [0.1, 0.15) is 17.3 Å². The molecule has 0 bridgehead atoms. The second-order valence-electron chi connectivity index (χ2n) is 7.65. The quantitative estimate of drug-likeness (QED) is 0.395. The first-order valence-corrected chi connectivity index (χ1v) is 12.3. The lowest BCUT2D eigenvalue weighted by molar-refractivity contribution is -0.114. The molecule has 184 valence electrons. The first kappa shape index (κ1) is 25.7. The zero-order valence-electron chi connectivity index (χ0n) is 19.7. The van der Waals surface area contributed by atoms with Crippen molar-refractivity contribution in [3.8, 4) is 5.75 Å². The highest BCUT2D eigenvalue weighted by atomic mass is 32.2. The van der Waals surface area contributed by atoms with Crippen molar-refractivity contribution in [2.45, 2.75) is 11.8 Å². The number of amides is 2. The smallest absolute Gasteiger partial charge is 0.257 e. The molecule has 0 aliphatic carbocycles. The molecule has 3 N–H and O–H groups in total. The average molecular weight is 497 g/mol. The molecule has 0 spiro atoms. The van der Waals surface area contributed by atoms with Crippen molar-refractivity contribution < 1.29 is 22.7 Å². The van der Waals surface area contributed by atoms with E-state index in [0.29, 0.717) is 29.2 Å². The molecule has 0 aromatic heterocycles. The van der Waals surface area contributed by atoms with E-state index >= 15 is 0 Å². The van der Waals surface area contributed by atoms with Crippen molar-refractivity contribution in [1.29, 1.82) is 0 Å². The summed E-state index contributed by atoms with van der Waals surface area (Å²) in [7, 11) is -0.888. The van der Waals surface area contributed by atoms with Crippen molar-refractivity contribution in [3.05, 3.63) is 78.4 Å². The fourth-order valence-electron chi connectivity index (χ4n) is 3.18. The molecule has 0 atom stereocenters. The van der Waals surface area contributed by atoms with Gasteiger partial charge in [0.15, 0.2) is 0 Å². The summed E-state index contributed by atoms with van der Waals surface area (Å²) in [4.78, 5) is 25.3. The van der Waals surface area contributed by atoms with E-state index in [9.17, 15) is 18.0 Å². The van der Waals surface area contributed by atoms with Crippen LogP contribution < -0.4 is 20.7 Å². The Balaban J connectivity index is 1.71. The normalized spacial score (nSPS) is 11.1. The van der Waals surface area contributed by atoms with Crippen LogP contribution in [0, 0.1) is 0 Å². The zero-order chi connectivity index (χ0) is 25.4. The summed E-state index contributed by atoms with van der Waals surface area (Å²) in [5.74, 6) is -0.532. The second kappa shape index (κ2) is 11.5. The summed E-state index contributed by atoms with van der Waals surface area (Å²) in [5, 5.41) is 8.45. The third-order valence-electron chi connectivity index (χ3n) is 4.93. The predicted octanol–water partition coefficient (Wildman–Crippen LogP) is 3.64. The van der Waals surface area contributed by atoms with Crippen LogP contribution in [0.25, 0.3) is 0 Å². The largest absolute Gasteiger partial charge is 0.492 e. The number of anilines is 3. The lowest BCUT2D eigenvalue weighted by Crippen LogP contribution is -2.25. The number of para-hydroxylation sites is 2. The second-order valence-corrected chi connectivity index (χ2v) is 9.77. The number of nitrogens with zero attached hydrogens (tertiary/aromatic N) is 1. The van der Waals surface area contributed by atoms with E-state index in [1.54, 1.807) is 55.5 Å². The van der Waals surface area contributed by atoms with E-state index in [4.69, 9.17) is 4.74 Å². The molecule has 0 aliphatic heterocycles. The molecule has 9 nitrogen and oxygen atoms in total. The molecule has 0 heterocycles. The third kappa shape index (κ3) is 6.58. The summed E-state index contributed by atoms with van der Waals surface area (Å²) in [6.07, 6.45) is 0. The van der Waals surface area contributed by atoms with Gasteiger partial charge < -0.3 is 20.7 Å². The van der Waals surface area contributed by atoms with E-state index in [-0.39, 0.29) is 23.1 Å². The number of rotatable bonds is 10. The number of nitrogens with one attached hydrogen (secondary N) is 3. The van der Waals surface area contributed by atoms with Gasteiger partial charge in [-0.3, -0.25) is 9.59 Å². The maximum absolute atomic E-state index is 12.7. The molecule has 0 fully saturated rings. The standard InChI is InChI=1S/C25H28N4O5S/c1-4-34-22-15-14-19(16-23(22)35(32,33)29(2)3)26-17-24(30)28-21-13-9-8-12-20(21)25(31)27-18-10-6-5-7-11-18/h5-16,26H,4,17H2,1-3H3,(H,27,31)(H,28,30). The Morgan fingerprint density at radius 2 is 1.57 bits per heavy atom. The van der Waals surface area contributed by atoms with Gasteiger partial charge in [0.25, 0.3) is 5.91 Å². The number of ether oxygens (including phenoxy) is 1. The zero-order valence-corrected chi connectivity index (χ0v) is 20.6. The van der Waals surface area contributed by atoms with Crippen molar-refractivity contribution in [1.82, 2.24) is 4.31 Å². The molecule has 2 amide bonds. The first-order chi connectivity index (χ1) is 16.7. The Kier molecular flexibility index (Phi) is 8.45. The molecule has 0 saturated carbocycles. The topological polar surface area (TPSA) is 117 Å². The van der Waals surface area contributed by atoms with Crippen molar-refractivity contribution >= 4 is 38.9 Å². The van der Waals surface area contributed by atoms with Gasteiger partial charge in [-0.25, -0.2) is 12.7 Å². The number of hydrogen-bond donors (Lipinski definition) is 3. The maximum atomic E-state index is 12.7. The highest BCUT2D eigenvalue weighted by Crippen LogP contribution is 2.29. The van der Waals surface area contributed by atoms with Gasteiger partial charge in [0.05, 0.1) is 24.4 Å². The Morgan fingerprint density at radius 3 is 2.26 bits per heavy atom. The number of carbonyl (C=O) groups is 2. The molecular weight excluding hydrogens is 468 g/mol. The van der Waals surface area contributed by atoms with Crippen LogP contribution in [-0.2, 0) is 14.8 Å². The average Bonchev–Trinajstić information content (AvgIpc) is 2.84. The number of hydrogen-bond acceptors (Lipinski definition) is 6. The van der Waals surface area contributed by atoms with Gasteiger partial charge in [-0.1, -0.05) is 30.3 Å². The van der Waals surface area contributed by atoms with Crippen LogP contribution >= 0.6 is 0 Å². The minimum Gasteiger partial charge on any atom is -0.492 e. The van der Waals surface area contributed by atoms with Gasteiger partial charge in [-0.05, 0) is 49.4 Å². The summed E-state index contributed by atoms with van der Waals surface area (Å²) in [6, 6.07) is 20.3. The lowest BCUT2D eigenvalue weighted by atomic mass is 10.1. The Bertz CT molecular complexity index is 1290. The molecule has 0 radical (unpaired) electrons. The molecule has 35 heavy (non-hydrogen) atoms. The van der Waals surface area contributed by atoms with Gasteiger partial charge in [0, 0.05) is 25.5 Å². The van der Waals surface area contributed by atoms with Gasteiger partial charge in [0.1, 0.15) is 10.6 Å². The van der Waals surface area contributed by atoms with Gasteiger partial charge in [-0.15, -0.1) is 0 Å². The van der Waals surface area contributed by atoms with Gasteiger partial charge in [0.2, 0.25) is 15.9 Å². The predicted molar refractivity (Wildman–Crippen MR) is 136 cm³/mol. The summed E-state index contributed by atoms with van der Waals surface area (Å²) < 4.78 is 31.9. The minimum atomic E-state index is -3.76. The Hall–Kier alpha value is -3.89. The first-order valence-electron chi connectivity index (χ1n) is 10.9. The molecule has 3 rings (SSSR count). The van der Waals surface area contributed by atoms with E-state index < -0.39 is 15.9 Å². The van der Waals surface area contributed by atoms with Crippen LogP contribution in [0.5, 0.6) is 5.75 Å². The Labute approximate surface area is 205 Å². The summed E-state index contributed by atoms with van der Waals surface area (Å²) in [5.41, 5.74) is 1.74. The highest BCUT2D eigenvalue weighted by molar-refractivity contribution is 7.89. The van der Waals surface area contributed by atoms with Gasteiger partial charge >= 0.3 is 0 Å². The van der Waals surface area contributed by atoms with Crippen LogP contribution in [-0.4, -0.2) is 51.8 Å². The summed E-state index contributed by atoms with van der Waals surface area (Å²) in [6.45, 7) is 1.92. The third-order valence-corrected chi connectivity index (χ3v) is 6.77. The van der Waals surface area contributed by atoms with Crippen molar-refractivity contribution in [2.75, 3.05) is 43.2 Å². The molecule has 0 aliphatic rings. The Morgan fingerprint density at radius 1 is 0.886 bits per heavy atom. The molecule has 3 aromatic rings. The van der Waals surface area contributed by atoms with Crippen molar-refractivity contribution in [3.63, 3.8) is 0 Å². The minimum absolute atomic E-state index is 0.00214. The van der Waals surface area contributed by atoms with E-state index in [1.165, 1.54) is 20.2 Å². The van der Waals surface area contributed by atoms with Crippen LogP contribution in [0.15, 0.2) is 77.7 Å². The summed E-state index contributed by atoms with van der Waals surface area (Å²) >= 11 is 0. The maximum Gasteiger partial charge on any atom is 0.257 e. The highest BCUT2D eigenvalue weighted by Gasteiger charge is 2.23. The molecule has 10 heteroatoms. The van der Waals surface area contributed by atoms with Crippen LogP contribution in [0.3, 0.4) is 0 Å². The van der Waals surface area contributed by atoms with E-state index in [0.717, 1.165) is 4.31 Å². The van der Waals surface area contributed by atoms with Crippen LogP contribution in [0.2, 0.25) is 0 Å².